The number of nitrogens with zero attached hydrogens (tertiary/aromatic N) is 1. The lowest BCUT2D eigenvalue weighted by molar-refractivity contribution is 0.102. The van der Waals surface area contributed by atoms with E-state index in [0.717, 1.165) is 11.3 Å². The van der Waals surface area contributed by atoms with E-state index in [-0.39, 0.29) is 26.8 Å². The Kier molecular flexibility index (Phi) is 6.73. The van der Waals surface area contributed by atoms with Gasteiger partial charge in [0.2, 0.25) is 0 Å². The molecule has 2 aromatic carbocycles. The summed E-state index contributed by atoms with van der Waals surface area (Å²) < 4.78 is 23.4. The van der Waals surface area contributed by atoms with E-state index in [1.54, 1.807) is 18.3 Å². The number of thiazole rings is 1. The molecule has 168 valence electrons. The third-order valence-corrected chi connectivity index (χ3v) is 7.22. The van der Waals surface area contributed by atoms with E-state index in [2.05, 4.69) is 15.6 Å². The van der Waals surface area contributed by atoms with Crippen LogP contribution >= 0.6 is 22.9 Å². The van der Waals surface area contributed by atoms with Crippen LogP contribution in [0.15, 0.2) is 53.6 Å². The summed E-state index contributed by atoms with van der Waals surface area (Å²) >= 11 is 7.61. The predicted octanol–water partition coefficient (Wildman–Crippen LogP) is 5.00. The van der Waals surface area contributed by atoms with E-state index < -0.39 is 15.7 Å². The number of rotatable bonds is 5. The van der Waals surface area contributed by atoms with Crippen LogP contribution in [0.2, 0.25) is 5.02 Å². The lowest BCUT2D eigenvalue weighted by Crippen LogP contribution is -2.14. The zero-order valence-corrected chi connectivity index (χ0v) is 20.3. The minimum atomic E-state index is -3.44. The molecule has 0 spiro atoms. The maximum absolute atomic E-state index is 12.5. The van der Waals surface area contributed by atoms with Crippen molar-refractivity contribution in [1.29, 1.82) is 0 Å². The standard InChI is InChI=1S/C22H22ClN3O4S2/c1-22(2,3)21-24-12-18(31-21)20(28)25-14-8-9-17(16(23)11-14)26-19(27)13-6-5-7-15(10-13)32(4,29)30/h5-12H,1-4H3,(H,25,28)(H,26,27). The zero-order valence-electron chi connectivity index (χ0n) is 17.9. The van der Waals surface area contributed by atoms with Gasteiger partial charge in [-0.1, -0.05) is 38.4 Å². The molecule has 0 fully saturated rings. The Morgan fingerprint density at radius 2 is 1.75 bits per heavy atom. The highest BCUT2D eigenvalue weighted by Crippen LogP contribution is 2.29. The minimum Gasteiger partial charge on any atom is -0.321 e. The summed E-state index contributed by atoms with van der Waals surface area (Å²) in [6, 6.07) is 10.4. The molecule has 0 atom stereocenters. The molecule has 0 saturated heterocycles. The van der Waals surface area contributed by atoms with E-state index in [1.807, 2.05) is 20.8 Å². The van der Waals surface area contributed by atoms with Crippen molar-refractivity contribution in [2.75, 3.05) is 16.9 Å². The Bertz CT molecular complexity index is 1290. The maximum atomic E-state index is 12.5. The van der Waals surface area contributed by atoms with Crippen LogP contribution in [-0.2, 0) is 15.3 Å². The number of anilines is 2. The number of benzene rings is 2. The third kappa shape index (κ3) is 5.73. The summed E-state index contributed by atoms with van der Waals surface area (Å²) in [5.74, 6) is -0.808. The van der Waals surface area contributed by atoms with Gasteiger partial charge in [-0.2, -0.15) is 0 Å². The van der Waals surface area contributed by atoms with Crippen LogP contribution < -0.4 is 10.6 Å². The molecule has 0 aliphatic heterocycles. The first kappa shape index (κ1) is 23.9. The van der Waals surface area contributed by atoms with E-state index in [4.69, 9.17) is 11.6 Å². The Morgan fingerprint density at radius 1 is 1.03 bits per heavy atom. The van der Waals surface area contributed by atoms with Gasteiger partial charge in [-0.15, -0.1) is 11.3 Å². The Hall–Kier alpha value is -2.75. The fourth-order valence-corrected chi connectivity index (χ4v) is 4.44. The van der Waals surface area contributed by atoms with E-state index in [9.17, 15) is 18.0 Å². The van der Waals surface area contributed by atoms with Gasteiger partial charge in [0.05, 0.1) is 26.8 Å². The van der Waals surface area contributed by atoms with Gasteiger partial charge in [-0.3, -0.25) is 9.59 Å². The predicted molar refractivity (Wildman–Crippen MR) is 128 cm³/mol. The molecule has 0 aliphatic rings. The van der Waals surface area contributed by atoms with E-state index in [1.165, 1.54) is 41.7 Å². The smallest absolute Gasteiger partial charge is 0.267 e. The summed E-state index contributed by atoms with van der Waals surface area (Å²) in [6.07, 6.45) is 2.62. The number of carbonyl (C=O) groups excluding carboxylic acids is 2. The van der Waals surface area contributed by atoms with Gasteiger partial charge < -0.3 is 10.6 Å². The Labute approximate surface area is 195 Å². The molecule has 3 aromatic rings. The topological polar surface area (TPSA) is 105 Å². The molecule has 3 rings (SSSR count). The van der Waals surface area contributed by atoms with Crippen LogP contribution in [0.3, 0.4) is 0 Å². The lowest BCUT2D eigenvalue weighted by Gasteiger charge is -2.13. The molecule has 7 nitrogen and oxygen atoms in total. The van der Waals surface area contributed by atoms with Crippen molar-refractivity contribution >= 4 is 56.0 Å². The van der Waals surface area contributed by atoms with Gasteiger partial charge in [0.1, 0.15) is 4.88 Å². The normalized spacial score (nSPS) is 11.8. The maximum Gasteiger partial charge on any atom is 0.267 e. The molecular weight excluding hydrogens is 470 g/mol. The Balaban J connectivity index is 1.72. The lowest BCUT2D eigenvalue weighted by atomic mass is 9.98. The largest absolute Gasteiger partial charge is 0.321 e. The molecule has 0 saturated carbocycles. The van der Waals surface area contributed by atoms with Crippen molar-refractivity contribution in [1.82, 2.24) is 4.98 Å². The molecule has 2 N–H and O–H groups in total. The van der Waals surface area contributed by atoms with Crippen molar-refractivity contribution in [2.24, 2.45) is 0 Å². The summed E-state index contributed by atoms with van der Waals surface area (Å²) in [5.41, 5.74) is 0.823. The SMILES string of the molecule is CC(C)(C)c1ncc(C(=O)Nc2ccc(NC(=O)c3cccc(S(C)(=O)=O)c3)c(Cl)c2)s1. The first-order valence-corrected chi connectivity index (χ1v) is 12.6. The molecule has 1 aromatic heterocycles. The number of nitrogens with one attached hydrogen (secondary N) is 2. The number of aromatic nitrogens is 1. The van der Waals surface area contributed by atoms with Crippen molar-refractivity contribution in [3.8, 4) is 0 Å². The zero-order chi connectivity index (χ0) is 23.7. The van der Waals surface area contributed by atoms with Gasteiger partial charge in [0.15, 0.2) is 9.84 Å². The van der Waals surface area contributed by atoms with Crippen molar-refractivity contribution in [2.45, 2.75) is 31.1 Å². The number of amides is 2. The molecule has 2 amide bonds. The van der Waals surface area contributed by atoms with Gasteiger partial charge in [-0.05, 0) is 36.4 Å². The van der Waals surface area contributed by atoms with Gasteiger partial charge in [0.25, 0.3) is 11.8 Å². The fraction of sp³-hybridized carbons (Fsp3) is 0.227. The molecule has 0 radical (unpaired) electrons. The van der Waals surface area contributed by atoms with Gasteiger partial charge in [-0.25, -0.2) is 13.4 Å². The number of halogens is 1. The van der Waals surface area contributed by atoms with Crippen molar-refractivity contribution in [3.05, 3.63) is 69.1 Å². The molecule has 0 aliphatic carbocycles. The average Bonchev–Trinajstić information content (AvgIpc) is 3.20. The quantitative estimate of drug-likeness (QED) is 0.522. The molecule has 1 heterocycles. The number of hydrogen-bond donors (Lipinski definition) is 2. The second-order valence-electron chi connectivity index (χ2n) is 8.18. The summed E-state index contributed by atoms with van der Waals surface area (Å²) in [5, 5.41) is 6.50. The highest BCUT2D eigenvalue weighted by atomic mass is 35.5. The van der Waals surface area contributed by atoms with E-state index in [0.29, 0.717) is 16.3 Å². The van der Waals surface area contributed by atoms with Crippen LogP contribution in [0, 0.1) is 0 Å². The fourth-order valence-electron chi connectivity index (χ4n) is 2.68. The number of hydrogen-bond acceptors (Lipinski definition) is 6. The molecule has 0 unspecified atom stereocenters. The van der Waals surface area contributed by atoms with Gasteiger partial charge in [0, 0.05) is 22.9 Å². The summed E-state index contributed by atoms with van der Waals surface area (Å²) in [7, 11) is -3.44. The second-order valence-corrected chi connectivity index (χ2v) is 11.6. The van der Waals surface area contributed by atoms with Crippen LogP contribution in [0.25, 0.3) is 0 Å². The number of carbonyl (C=O) groups is 2. The van der Waals surface area contributed by atoms with Crippen molar-refractivity contribution < 1.29 is 18.0 Å². The van der Waals surface area contributed by atoms with Crippen LogP contribution in [0.4, 0.5) is 11.4 Å². The second kappa shape index (κ2) is 9.01. The first-order valence-electron chi connectivity index (χ1n) is 9.53. The van der Waals surface area contributed by atoms with Crippen molar-refractivity contribution in [3.63, 3.8) is 0 Å². The highest BCUT2D eigenvalue weighted by molar-refractivity contribution is 7.90. The summed E-state index contributed by atoms with van der Waals surface area (Å²) in [6.45, 7) is 6.08. The van der Waals surface area contributed by atoms with Gasteiger partial charge >= 0.3 is 0 Å². The summed E-state index contributed by atoms with van der Waals surface area (Å²) in [4.78, 5) is 29.9. The molecule has 0 bridgehead atoms. The highest BCUT2D eigenvalue weighted by Gasteiger charge is 2.20. The van der Waals surface area contributed by atoms with E-state index >= 15 is 0 Å². The minimum absolute atomic E-state index is 0.0481. The van der Waals surface area contributed by atoms with Crippen LogP contribution in [0.1, 0.15) is 45.8 Å². The molecule has 10 heteroatoms. The third-order valence-electron chi connectivity index (χ3n) is 4.37. The van der Waals surface area contributed by atoms with Crippen LogP contribution in [0.5, 0.6) is 0 Å². The first-order chi connectivity index (χ1) is 14.8. The molecule has 32 heavy (non-hydrogen) atoms. The molecular formula is C22H22ClN3O4S2. The Morgan fingerprint density at radius 3 is 2.34 bits per heavy atom. The average molecular weight is 492 g/mol. The number of sulfone groups is 1. The monoisotopic (exact) mass is 491 g/mol. The van der Waals surface area contributed by atoms with Crippen LogP contribution in [-0.4, -0.2) is 31.5 Å².